The third-order valence-corrected chi connectivity index (χ3v) is 1.28. The van der Waals surface area contributed by atoms with Crippen LogP contribution in [0, 0.1) is 5.92 Å². The minimum Gasteiger partial charge on any atom is -0.273 e. The van der Waals surface area contributed by atoms with Crippen molar-refractivity contribution in [3.8, 4) is 0 Å². The number of hydrazone groups is 1. The van der Waals surface area contributed by atoms with Crippen LogP contribution in [0.3, 0.4) is 0 Å². The highest BCUT2D eigenvalue weighted by molar-refractivity contribution is 5.77. The molecular formula is C6H10N2O. The quantitative estimate of drug-likeness (QED) is 0.464. The largest absolute Gasteiger partial charge is 0.273 e. The smallest absolute Gasteiger partial charge is 0.239 e. The summed E-state index contributed by atoms with van der Waals surface area (Å²) >= 11 is 0. The van der Waals surface area contributed by atoms with Crippen LogP contribution in [-0.2, 0) is 4.79 Å². The number of carbonyl (C=O) groups is 1. The van der Waals surface area contributed by atoms with E-state index in [1.165, 1.54) is 11.9 Å². The van der Waals surface area contributed by atoms with Crippen LogP contribution in [0.2, 0.25) is 0 Å². The molecule has 0 aromatic carbocycles. The van der Waals surface area contributed by atoms with Crippen molar-refractivity contribution in [3.63, 3.8) is 0 Å². The molecule has 0 bridgehead atoms. The second-order valence-electron chi connectivity index (χ2n) is 2.34. The molecule has 50 valence electrons. The molecule has 0 aromatic heterocycles. The van der Waals surface area contributed by atoms with E-state index < -0.39 is 0 Å². The Morgan fingerprint density at radius 1 is 1.89 bits per heavy atom. The number of hydrogen-bond acceptors (Lipinski definition) is 2. The van der Waals surface area contributed by atoms with Crippen LogP contribution in [0.25, 0.3) is 0 Å². The molecule has 1 heterocycles. The van der Waals surface area contributed by atoms with E-state index >= 15 is 0 Å². The van der Waals surface area contributed by atoms with Crippen LogP contribution in [0.1, 0.15) is 13.8 Å². The Bertz CT molecular complexity index is 153. The molecule has 0 saturated carbocycles. The van der Waals surface area contributed by atoms with Crippen LogP contribution in [0.15, 0.2) is 5.10 Å². The highest BCUT2D eigenvalue weighted by atomic mass is 16.2. The molecular weight excluding hydrogens is 116 g/mol. The maximum atomic E-state index is 10.6. The molecule has 0 spiro atoms. The van der Waals surface area contributed by atoms with Crippen molar-refractivity contribution in [2.24, 2.45) is 11.0 Å². The van der Waals surface area contributed by atoms with Crippen LogP contribution in [0.4, 0.5) is 0 Å². The lowest BCUT2D eigenvalue weighted by Crippen LogP contribution is -2.22. The molecule has 1 aliphatic heterocycles. The van der Waals surface area contributed by atoms with Gasteiger partial charge in [-0.15, -0.1) is 0 Å². The molecule has 0 aliphatic carbocycles. The molecule has 0 aromatic rings. The second-order valence-corrected chi connectivity index (χ2v) is 2.34. The highest BCUT2D eigenvalue weighted by Gasteiger charge is 2.15. The van der Waals surface area contributed by atoms with Gasteiger partial charge >= 0.3 is 0 Å². The first-order valence-electron chi connectivity index (χ1n) is 3.02. The van der Waals surface area contributed by atoms with Crippen LogP contribution >= 0.6 is 0 Å². The molecule has 3 heteroatoms. The topological polar surface area (TPSA) is 32.7 Å². The van der Waals surface area contributed by atoms with Gasteiger partial charge in [0.15, 0.2) is 0 Å². The summed E-state index contributed by atoms with van der Waals surface area (Å²) in [4.78, 5) is 10.6. The normalized spacial score (nSPS) is 25.1. The lowest BCUT2D eigenvalue weighted by molar-refractivity contribution is -0.128. The maximum absolute atomic E-state index is 10.6. The van der Waals surface area contributed by atoms with Gasteiger partial charge in [-0.05, 0) is 0 Å². The summed E-state index contributed by atoms with van der Waals surface area (Å²) < 4.78 is 0. The van der Waals surface area contributed by atoms with Gasteiger partial charge in [0.25, 0.3) is 0 Å². The fraction of sp³-hybridized carbons (Fsp3) is 0.667. The van der Waals surface area contributed by atoms with Crippen LogP contribution < -0.4 is 0 Å². The van der Waals surface area contributed by atoms with Crippen LogP contribution in [-0.4, -0.2) is 23.7 Å². The Morgan fingerprint density at radius 3 is 2.78 bits per heavy atom. The zero-order valence-corrected chi connectivity index (χ0v) is 5.66. The average Bonchev–Trinajstić information content (AvgIpc) is 2.14. The second kappa shape index (κ2) is 2.17. The predicted molar refractivity (Wildman–Crippen MR) is 35.0 cm³/mol. The molecule has 1 atom stereocenters. The Hall–Kier alpha value is -0.860. The average molecular weight is 126 g/mol. The summed E-state index contributed by atoms with van der Waals surface area (Å²) in [5.41, 5.74) is 0. The van der Waals surface area contributed by atoms with E-state index in [1.807, 2.05) is 6.92 Å². The van der Waals surface area contributed by atoms with Gasteiger partial charge in [0.2, 0.25) is 5.91 Å². The summed E-state index contributed by atoms with van der Waals surface area (Å²) in [7, 11) is 0. The van der Waals surface area contributed by atoms with Crippen molar-refractivity contribution < 1.29 is 4.79 Å². The van der Waals surface area contributed by atoms with Gasteiger partial charge in [-0.1, -0.05) is 6.92 Å². The molecule has 1 rings (SSSR count). The van der Waals surface area contributed by atoms with Crippen molar-refractivity contribution in [1.82, 2.24) is 5.01 Å². The Labute approximate surface area is 54.3 Å². The summed E-state index contributed by atoms with van der Waals surface area (Å²) in [6, 6.07) is 0. The fourth-order valence-corrected chi connectivity index (χ4v) is 0.771. The Kier molecular flexibility index (Phi) is 1.51. The van der Waals surface area contributed by atoms with Gasteiger partial charge in [0, 0.05) is 19.1 Å². The predicted octanol–water partition coefficient (Wildman–Crippen LogP) is 0.470. The number of hydrogen-bond donors (Lipinski definition) is 0. The van der Waals surface area contributed by atoms with E-state index in [4.69, 9.17) is 0 Å². The Morgan fingerprint density at radius 2 is 2.56 bits per heavy atom. The summed E-state index contributed by atoms with van der Waals surface area (Å²) in [6.07, 6.45) is 1.79. The molecule has 0 fully saturated rings. The molecule has 0 N–H and O–H groups in total. The van der Waals surface area contributed by atoms with E-state index in [1.54, 1.807) is 6.21 Å². The standard InChI is InChI=1S/C6H10N2O/c1-5-3-7-8(4-5)6(2)9/h3,5H,4H2,1-2H3. The SMILES string of the molecule is CC(=O)N1CC(C)C=N1. The highest BCUT2D eigenvalue weighted by Crippen LogP contribution is 2.05. The first-order chi connectivity index (χ1) is 4.20. The van der Waals surface area contributed by atoms with Crippen molar-refractivity contribution in [3.05, 3.63) is 0 Å². The molecule has 0 radical (unpaired) electrons. The zero-order chi connectivity index (χ0) is 6.85. The number of carbonyl (C=O) groups excluding carboxylic acids is 1. The lowest BCUT2D eigenvalue weighted by Gasteiger charge is -2.07. The third-order valence-electron chi connectivity index (χ3n) is 1.28. The van der Waals surface area contributed by atoms with Crippen molar-refractivity contribution in [1.29, 1.82) is 0 Å². The lowest BCUT2D eigenvalue weighted by atomic mass is 10.2. The van der Waals surface area contributed by atoms with Crippen molar-refractivity contribution >= 4 is 12.1 Å². The molecule has 0 saturated heterocycles. The van der Waals surface area contributed by atoms with Gasteiger partial charge in [-0.25, -0.2) is 5.01 Å². The van der Waals surface area contributed by atoms with Crippen LogP contribution in [0.5, 0.6) is 0 Å². The summed E-state index contributed by atoms with van der Waals surface area (Å²) in [6.45, 7) is 4.30. The number of amides is 1. The molecule has 1 amide bonds. The summed E-state index contributed by atoms with van der Waals surface area (Å²) in [5.74, 6) is 0.449. The van der Waals surface area contributed by atoms with E-state index in [-0.39, 0.29) is 5.91 Å². The van der Waals surface area contributed by atoms with Gasteiger partial charge in [-0.3, -0.25) is 4.79 Å². The first kappa shape index (κ1) is 6.26. The van der Waals surface area contributed by atoms with Gasteiger partial charge in [0.05, 0.1) is 6.54 Å². The monoisotopic (exact) mass is 126 g/mol. The van der Waals surface area contributed by atoms with Crippen molar-refractivity contribution in [2.45, 2.75) is 13.8 Å². The maximum Gasteiger partial charge on any atom is 0.239 e. The molecule has 3 nitrogen and oxygen atoms in total. The molecule has 9 heavy (non-hydrogen) atoms. The van der Waals surface area contributed by atoms with Gasteiger partial charge < -0.3 is 0 Å². The van der Waals surface area contributed by atoms with E-state index in [0.29, 0.717) is 5.92 Å². The fourth-order valence-electron chi connectivity index (χ4n) is 0.771. The third kappa shape index (κ3) is 1.28. The molecule has 1 aliphatic rings. The van der Waals surface area contributed by atoms with E-state index in [9.17, 15) is 4.79 Å². The zero-order valence-electron chi connectivity index (χ0n) is 5.66. The van der Waals surface area contributed by atoms with E-state index in [0.717, 1.165) is 6.54 Å². The number of rotatable bonds is 0. The minimum atomic E-state index is 0.0237. The van der Waals surface area contributed by atoms with Crippen molar-refractivity contribution in [2.75, 3.05) is 6.54 Å². The van der Waals surface area contributed by atoms with Gasteiger partial charge in [0.1, 0.15) is 0 Å². The summed E-state index contributed by atoms with van der Waals surface area (Å²) in [5, 5.41) is 5.35. The minimum absolute atomic E-state index is 0.0237. The number of nitrogens with zero attached hydrogens (tertiary/aromatic N) is 2. The first-order valence-corrected chi connectivity index (χ1v) is 3.02. The Balaban J connectivity index is 2.50. The van der Waals surface area contributed by atoms with Gasteiger partial charge in [-0.2, -0.15) is 5.10 Å². The molecule has 1 unspecified atom stereocenters. The van der Waals surface area contributed by atoms with E-state index in [2.05, 4.69) is 5.10 Å².